The Hall–Kier alpha value is -8.41. The van der Waals surface area contributed by atoms with Gasteiger partial charge in [-0.15, -0.1) is 0 Å². The van der Waals surface area contributed by atoms with Crippen LogP contribution in [0.25, 0.3) is 111 Å². The lowest BCUT2D eigenvalue weighted by atomic mass is 9.94. The average Bonchev–Trinajstić information content (AvgIpc) is 3.88. The van der Waals surface area contributed by atoms with Crippen molar-refractivity contribution in [3.05, 3.63) is 224 Å². The second kappa shape index (κ2) is 14.7. The number of aromatic nitrogens is 5. The van der Waals surface area contributed by atoms with E-state index in [-0.39, 0.29) is 0 Å². The normalized spacial score (nSPS) is 11.5. The number of fused-ring (bicyclic) bond motifs is 7. The molecule has 62 heavy (non-hydrogen) atoms. The topological polar surface area (TPSA) is 48.5 Å². The predicted octanol–water partition coefficient (Wildman–Crippen LogP) is 14.4. The van der Waals surface area contributed by atoms with Crippen LogP contribution < -0.4 is 0 Å². The standard InChI is InChI=1S/C57H37N5/c1-5-17-38(18-6-1)39-29-31-43(32-30-39)56-58-55(42-23-11-4-12-24-42)59-57(60-56)62-52-28-16-14-26-47(52)49-36-35-48-46-25-13-15-27-51(46)61(53(48)54(49)62)44-33-34-45(40-19-7-2-8-20-40)50(37-44)41-21-9-3-10-22-41/h1-37H. The maximum absolute atomic E-state index is 5.37. The zero-order chi connectivity index (χ0) is 41.0. The average molecular weight is 792 g/mol. The highest BCUT2D eigenvalue weighted by Gasteiger charge is 2.24. The Bertz CT molecular complexity index is 3590. The van der Waals surface area contributed by atoms with E-state index >= 15 is 0 Å². The van der Waals surface area contributed by atoms with Gasteiger partial charge in [0, 0.05) is 38.4 Å². The highest BCUT2D eigenvalue weighted by atomic mass is 15.2. The largest absolute Gasteiger partial charge is 0.307 e. The lowest BCUT2D eigenvalue weighted by Gasteiger charge is -2.16. The van der Waals surface area contributed by atoms with E-state index in [1.54, 1.807) is 0 Å². The fourth-order valence-electron chi connectivity index (χ4n) is 9.13. The van der Waals surface area contributed by atoms with E-state index in [0.717, 1.165) is 71.7 Å². The van der Waals surface area contributed by atoms with E-state index in [4.69, 9.17) is 15.0 Å². The van der Waals surface area contributed by atoms with Crippen LogP contribution in [0.5, 0.6) is 0 Å². The minimum absolute atomic E-state index is 0.556. The van der Waals surface area contributed by atoms with E-state index in [1.165, 1.54) is 22.1 Å². The molecule has 3 heterocycles. The predicted molar refractivity (Wildman–Crippen MR) is 256 cm³/mol. The molecule has 3 aromatic heterocycles. The smallest absolute Gasteiger partial charge is 0.238 e. The monoisotopic (exact) mass is 791 g/mol. The van der Waals surface area contributed by atoms with Crippen LogP contribution in [0.1, 0.15) is 0 Å². The van der Waals surface area contributed by atoms with Gasteiger partial charge in [0.2, 0.25) is 5.95 Å². The van der Waals surface area contributed by atoms with Crippen molar-refractivity contribution in [2.75, 3.05) is 0 Å². The van der Waals surface area contributed by atoms with Crippen LogP contribution in [-0.2, 0) is 0 Å². The van der Waals surface area contributed by atoms with Gasteiger partial charge in [0.05, 0.1) is 22.1 Å². The summed E-state index contributed by atoms with van der Waals surface area (Å²) in [5, 5.41) is 4.58. The zero-order valence-corrected chi connectivity index (χ0v) is 33.6. The third-order valence-corrected chi connectivity index (χ3v) is 12.0. The molecule has 0 fully saturated rings. The van der Waals surface area contributed by atoms with Gasteiger partial charge in [-0.1, -0.05) is 200 Å². The van der Waals surface area contributed by atoms with Gasteiger partial charge < -0.3 is 4.57 Å². The van der Waals surface area contributed by atoms with Gasteiger partial charge in [0.15, 0.2) is 11.6 Å². The zero-order valence-electron chi connectivity index (χ0n) is 33.6. The van der Waals surface area contributed by atoms with Crippen LogP contribution in [0.4, 0.5) is 0 Å². The SMILES string of the molecule is c1ccc(-c2ccc(-c3nc(-c4ccccc4)nc(-n4c5ccccc5c5ccc6c7ccccc7n(-c7ccc(-c8ccccc8)c(-c8ccccc8)c7)c6c54)n3)cc2)cc1. The Morgan fingerprint density at radius 2 is 0.694 bits per heavy atom. The molecule has 0 N–H and O–H groups in total. The van der Waals surface area contributed by atoms with Crippen LogP contribution >= 0.6 is 0 Å². The molecule has 5 nitrogen and oxygen atoms in total. The molecule has 0 aliphatic rings. The first-order chi connectivity index (χ1) is 30.8. The Kier molecular flexibility index (Phi) is 8.42. The summed E-state index contributed by atoms with van der Waals surface area (Å²) < 4.78 is 4.70. The molecule has 0 aliphatic carbocycles. The van der Waals surface area contributed by atoms with Gasteiger partial charge in [-0.2, -0.15) is 9.97 Å². The van der Waals surface area contributed by atoms with Crippen LogP contribution in [0.3, 0.4) is 0 Å². The number of hydrogen-bond donors (Lipinski definition) is 0. The van der Waals surface area contributed by atoms with Gasteiger partial charge in [-0.25, -0.2) is 4.98 Å². The van der Waals surface area contributed by atoms with E-state index in [9.17, 15) is 0 Å². The maximum atomic E-state index is 5.37. The van der Waals surface area contributed by atoms with E-state index < -0.39 is 0 Å². The van der Waals surface area contributed by atoms with Crippen molar-refractivity contribution in [1.82, 2.24) is 24.1 Å². The molecule has 9 aromatic carbocycles. The fourth-order valence-corrected chi connectivity index (χ4v) is 9.13. The summed E-state index contributed by atoms with van der Waals surface area (Å²) in [4.78, 5) is 15.8. The molecule has 0 spiro atoms. The number of nitrogens with zero attached hydrogens (tertiary/aromatic N) is 5. The van der Waals surface area contributed by atoms with Crippen LogP contribution in [0.2, 0.25) is 0 Å². The van der Waals surface area contributed by atoms with Crippen molar-refractivity contribution in [3.8, 4) is 67.8 Å². The van der Waals surface area contributed by atoms with E-state index in [0.29, 0.717) is 17.6 Å². The van der Waals surface area contributed by atoms with Crippen molar-refractivity contribution in [1.29, 1.82) is 0 Å². The number of para-hydroxylation sites is 2. The van der Waals surface area contributed by atoms with Gasteiger partial charge in [0.25, 0.3) is 0 Å². The Balaban J connectivity index is 1.16. The third-order valence-electron chi connectivity index (χ3n) is 12.0. The molecular weight excluding hydrogens is 755 g/mol. The number of rotatable bonds is 7. The van der Waals surface area contributed by atoms with Crippen LogP contribution in [0, 0.1) is 0 Å². The summed E-state index contributed by atoms with van der Waals surface area (Å²) in [5.41, 5.74) is 14.2. The summed E-state index contributed by atoms with van der Waals surface area (Å²) in [7, 11) is 0. The molecule has 0 unspecified atom stereocenters. The molecule has 0 aliphatic heterocycles. The molecule has 0 amide bonds. The fraction of sp³-hybridized carbons (Fsp3) is 0. The van der Waals surface area contributed by atoms with Crippen molar-refractivity contribution in [2.45, 2.75) is 0 Å². The number of benzene rings is 9. The third kappa shape index (κ3) is 5.90. The van der Waals surface area contributed by atoms with Crippen molar-refractivity contribution >= 4 is 43.6 Å². The Labute approximate surface area is 358 Å². The minimum Gasteiger partial charge on any atom is -0.307 e. The Morgan fingerprint density at radius 3 is 1.27 bits per heavy atom. The van der Waals surface area contributed by atoms with Crippen molar-refractivity contribution in [3.63, 3.8) is 0 Å². The van der Waals surface area contributed by atoms with Crippen molar-refractivity contribution in [2.24, 2.45) is 0 Å². The molecule has 0 bridgehead atoms. The summed E-state index contributed by atoms with van der Waals surface area (Å²) in [6, 6.07) is 79.3. The molecule has 0 saturated heterocycles. The van der Waals surface area contributed by atoms with Gasteiger partial charge in [0.1, 0.15) is 0 Å². The number of hydrogen-bond acceptors (Lipinski definition) is 3. The summed E-state index contributed by atoms with van der Waals surface area (Å²) in [6.45, 7) is 0. The highest BCUT2D eigenvalue weighted by Crippen LogP contribution is 2.43. The molecule has 12 rings (SSSR count). The molecular formula is C57H37N5. The van der Waals surface area contributed by atoms with Gasteiger partial charge >= 0.3 is 0 Å². The van der Waals surface area contributed by atoms with E-state index in [2.05, 4.69) is 209 Å². The minimum atomic E-state index is 0.556. The molecule has 0 atom stereocenters. The van der Waals surface area contributed by atoms with Crippen LogP contribution in [0.15, 0.2) is 224 Å². The van der Waals surface area contributed by atoms with E-state index in [1.807, 2.05) is 24.3 Å². The molecule has 5 heteroatoms. The first-order valence-electron chi connectivity index (χ1n) is 21.0. The summed E-state index contributed by atoms with van der Waals surface area (Å²) >= 11 is 0. The lowest BCUT2D eigenvalue weighted by molar-refractivity contribution is 0.953. The quantitative estimate of drug-likeness (QED) is 0.162. The van der Waals surface area contributed by atoms with Gasteiger partial charge in [-0.05, 0) is 57.6 Å². The van der Waals surface area contributed by atoms with Crippen molar-refractivity contribution < 1.29 is 0 Å². The second-order valence-corrected chi connectivity index (χ2v) is 15.6. The first-order valence-corrected chi connectivity index (χ1v) is 21.0. The highest BCUT2D eigenvalue weighted by molar-refractivity contribution is 6.23. The molecule has 0 radical (unpaired) electrons. The van der Waals surface area contributed by atoms with Gasteiger partial charge in [-0.3, -0.25) is 4.57 Å². The second-order valence-electron chi connectivity index (χ2n) is 15.6. The maximum Gasteiger partial charge on any atom is 0.238 e. The molecule has 12 aromatic rings. The molecule has 0 saturated carbocycles. The van der Waals surface area contributed by atoms with Crippen LogP contribution in [-0.4, -0.2) is 24.1 Å². The summed E-state index contributed by atoms with van der Waals surface area (Å²) in [5.74, 6) is 1.78. The first kappa shape index (κ1) is 35.5. The lowest BCUT2D eigenvalue weighted by Crippen LogP contribution is -2.07. The summed E-state index contributed by atoms with van der Waals surface area (Å²) in [6.07, 6.45) is 0. The molecule has 290 valence electrons. The Morgan fingerprint density at radius 1 is 0.274 bits per heavy atom.